The number of likely N-dealkylation sites (N-methyl/N-ethyl adjacent to an activating group) is 1. The Hall–Kier alpha value is -1.75. The van der Waals surface area contributed by atoms with Crippen molar-refractivity contribution >= 4 is 17.3 Å². The van der Waals surface area contributed by atoms with Crippen LogP contribution in [-0.2, 0) is 4.74 Å². The van der Waals surface area contributed by atoms with Gasteiger partial charge in [0, 0.05) is 24.5 Å². The van der Waals surface area contributed by atoms with E-state index < -0.39 is 5.97 Å². The number of aliphatic hydroxyl groups is 1. The van der Waals surface area contributed by atoms with Crippen molar-refractivity contribution in [3.8, 4) is 0 Å². The molecule has 0 radical (unpaired) electrons. The van der Waals surface area contributed by atoms with E-state index in [1.54, 1.807) is 6.07 Å². The van der Waals surface area contributed by atoms with E-state index in [1.807, 2.05) is 31.9 Å². The number of hydrogen-bond acceptors (Lipinski definition) is 5. The van der Waals surface area contributed by atoms with E-state index in [0.717, 1.165) is 11.3 Å². The molecule has 1 aromatic carbocycles. The van der Waals surface area contributed by atoms with E-state index in [-0.39, 0.29) is 12.6 Å². The van der Waals surface area contributed by atoms with Crippen LogP contribution in [0, 0.1) is 6.92 Å². The summed E-state index contributed by atoms with van der Waals surface area (Å²) in [4.78, 5) is 13.5. The van der Waals surface area contributed by atoms with Crippen molar-refractivity contribution in [2.75, 3.05) is 31.4 Å². The number of aryl methyl sites for hydroxylation is 1. The van der Waals surface area contributed by atoms with Crippen LogP contribution in [0.1, 0.15) is 22.8 Å². The largest absolute Gasteiger partial charge is 0.465 e. The quantitative estimate of drug-likeness (QED) is 0.621. The minimum atomic E-state index is -0.456. The van der Waals surface area contributed by atoms with Crippen molar-refractivity contribution in [3.63, 3.8) is 0 Å². The Kier molecular flexibility index (Phi) is 4.55. The summed E-state index contributed by atoms with van der Waals surface area (Å²) in [6, 6.07) is 3.52. The SMILES string of the molecule is COC(=O)c1cc(N(C)C(C)CO)cc(C)c1N. The number of aliphatic hydroxyl groups excluding tert-OH is 1. The zero-order valence-electron chi connectivity index (χ0n) is 11.2. The average molecular weight is 252 g/mol. The van der Waals surface area contributed by atoms with Crippen LogP contribution in [0.5, 0.6) is 0 Å². The fourth-order valence-corrected chi connectivity index (χ4v) is 1.64. The summed E-state index contributed by atoms with van der Waals surface area (Å²) in [6.07, 6.45) is 0. The van der Waals surface area contributed by atoms with Gasteiger partial charge in [-0.3, -0.25) is 0 Å². The van der Waals surface area contributed by atoms with E-state index in [4.69, 9.17) is 15.6 Å². The minimum absolute atomic E-state index is 0.0352. The van der Waals surface area contributed by atoms with Gasteiger partial charge in [0.15, 0.2) is 0 Å². The van der Waals surface area contributed by atoms with E-state index >= 15 is 0 Å². The smallest absolute Gasteiger partial charge is 0.340 e. The third-order valence-corrected chi connectivity index (χ3v) is 3.11. The van der Waals surface area contributed by atoms with E-state index in [0.29, 0.717) is 11.3 Å². The molecule has 0 saturated heterocycles. The lowest BCUT2D eigenvalue weighted by Gasteiger charge is -2.26. The topological polar surface area (TPSA) is 75.8 Å². The van der Waals surface area contributed by atoms with Crippen LogP contribution in [0.3, 0.4) is 0 Å². The first-order chi connectivity index (χ1) is 8.42. The van der Waals surface area contributed by atoms with Crippen LogP contribution in [-0.4, -0.2) is 37.9 Å². The third kappa shape index (κ3) is 2.73. The number of carbonyl (C=O) groups is 1. The van der Waals surface area contributed by atoms with E-state index in [2.05, 4.69) is 0 Å². The van der Waals surface area contributed by atoms with Crippen molar-refractivity contribution in [1.29, 1.82) is 0 Å². The van der Waals surface area contributed by atoms with Gasteiger partial charge in [-0.05, 0) is 31.5 Å². The predicted octanol–water partition coefficient (Wildman–Crippen LogP) is 1.18. The number of nitrogen functional groups attached to an aromatic ring is 1. The van der Waals surface area contributed by atoms with Crippen LogP contribution >= 0.6 is 0 Å². The summed E-state index contributed by atoms with van der Waals surface area (Å²) < 4.78 is 4.71. The summed E-state index contributed by atoms with van der Waals surface area (Å²) in [7, 11) is 3.18. The number of anilines is 2. The second kappa shape index (κ2) is 5.73. The highest BCUT2D eigenvalue weighted by Crippen LogP contribution is 2.26. The van der Waals surface area contributed by atoms with E-state index in [1.165, 1.54) is 7.11 Å². The molecule has 0 bridgehead atoms. The number of benzene rings is 1. The lowest BCUT2D eigenvalue weighted by molar-refractivity contribution is 0.0602. The number of hydrogen-bond donors (Lipinski definition) is 2. The zero-order chi connectivity index (χ0) is 13.9. The number of ether oxygens (including phenoxy) is 1. The first-order valence-corrected chi connectivity index (χ1v) is 5.74. The Morgan fingerprint density at radius 3 is 2.67 bits per heavy atom. The molecule has 1 unspecified atom stereocenters. The molecule has 0 saturated carbocycles. The minimum Gasteiger partial charge on any atom is -0.465 e. The molecule has 3 N–H and O–H groups in total. The molecule has 5 nitrogen and oxygen atoms in total. The fourth-order valence-electron chi connectivity index (χ4n) is 1.64. The maximum atomic E-state index is 11.6. The molecular formula is C13H20N2O3. The number of esters is 1. The number of rotatable bonds is 4. The maximum absolute atomic E-state index is 11.6. The summed E-state index contributed by atoms with van der Waals surface area (Å²) in [5.74, 6) is -0.456. The summed E-state index contributed by atoms with van der Waals surface area (Å²) >= 11 is 0. The van der Waals surface area contributed by atoms with Crippen molar-refractivity contribution in [2.24, 2.45) is 0 Å². The van der Waals surface area contributed by atoms with Crippen molar-refractivity contribution in [2.45, 2.75) is 19.9 Å². The van der Waals surface area contributed by atoms with Crippen molar-refractivity contribution in [1.82, 2.24) is 0 Å². The van der Waals surface area contributed by atoms with Gasteiger partial charge in [-0.2, -0.15) is 0 Å². The molecule has 0 aliphatic carbocycles. The highest BCUT2D eigenvalue weighted by atomic mass is 16.5. The molecule has 0 spiro atoms. The molecule has 0 heterocycles. The molecule has 0 aliphatic heterocycles. The molecule has 18 heavy (non-hydrogen) atoms. The van der Waals surface area contributed by atoms with Crippen LogP contribution in [0.2, 0.25) is 0 Å². The van der Waals surface area contributed by atoms with Crippen LogP contribution < -0.4 is 10.6 Å². The predicted molar refractivity (Wildman–Crippen MR) is 71.9 cm³/mol. The summed E-state index contributed by atoms with van der Waals surface area (Å²) in [5, 5.41) is 9.16. The van der Waals surface area contributed by atoms with Gasteiger partial charge in [-0.15, -0.1) is 0 Å². The second-order valence-corrected chi connectivity index (χ2v) is 4.36. The normalized spacial score (nSPS) is 12.1. The second-order valence-electron chi connectivity index (χ2n) is 4.36. The molecule has 100 valence electrons. The van der Waals surface area contributed by atoms with Gasteiger partial charge in [0.05, 0.1) is 19.3 Å². The van der Waals surface area contributed by atoms with Gasteiger partial charge < -0.3 is 20.5 Å². The van der Waals surface area contributed by atoms with Crippen molar-refractivity contribution in [3.05, 3.63) is 23.3 Å². The average Bonchev–Trinajstić information content (AvgIpc) is 2.38. The van der Waals surface area contributed by atoms with Gasteiger partial charge in [0.1, 0.15) is 0 Å². The molecule has 0 fully saturated rings. The number of methoxy groups -OCH3 is 1. The van der Waals surface area contributed by atoms with Gasteiger partial charge in [0.2, 0.25) is 0 Å². The van der Waals surface area contributed by atoms with Gasteiger partial charge >= 0.3 is 5.97 Å². The number of carbonyl (C=O) groups excluding carboxylic acids is 1. The standard InChI is InChI=1S/C13H20N2O3/c1-8-5-10(15(3)9(2)7-16)6-11(12(8)14)13(17)18-4/h5-6,9,16H,7,14H2,1-4H3. The fraction of sp³-hybridized carbons (Fsp3) is 0.462. The third-order valence-electron chi connectivity index (χ3n) is 3.11. The number of nitrogens with zero attached hydrogens (tertiary/aromatic N) is 1. The molecule has 1 atom stereocenters. The Morgan fingerprint density at radius 2 is 2.17 bits per heavy atom. The lowest BCUT2D eigenvalue weighted by atomic mass is 10.1. The van der Waals surface area contributed by atoms with Crippen LogP contribution in [0.25, 0.3) is 0 Å². The Bertz CT molecular complexity index is 446. The van der Waals surface area contributed by atoms with Gasteiger partial charge in [-0.25, -0.2) is 4.79 Å². The summed E-state index contributed by atoms with van der Waals surface area (Å²) in [5.41, 5.74) is 8.28. The first-order valence-electron chi connectivity index (χ1n) is 5.74. The molecule has 1 aromatic rings. The molecule has 5 heteroatoms. The highest BCUT2D eigenvalue weighted by molar-refractivity contribution is 5.97. The number of nitrogens with two attached hydrogens (primary N) is 1. The zero-order valence-corrected chi connectivity index (χ0v) is 11.2. The van der Waals surface area contributed by atoms with Crippen LogP contribution in [0.4, 0.5) is 11.4 Å². The molecular weight excluding hydrogens is 232 g/mol. The Balaban J connectivity index is 3.24. The van der Waals surface area contributed by atoms with Gasteiger partial charge in [0.25, 0.3) is 0 Å². The Morgan fingerprint density at radius 1 is 1.56 bits per heavy atom. The molecule has 0 aromatic heterocycles. The lowest BCUT2D eigenvalue weighted by Crippen LogP contribution is -2.32. The maximum Gasteiger partial charge on any atom is 0.340 e. The summed E-state index contributed by atoms with van der Waals surface area (Å²) in [6.45, 7) is 3.76. The van der Waals surface area contributed by atoms with Gasteiger partial charge in [-0.1, -0.05) is 0 Å². The Labute approximate surface area is 107 Å². The van der Waals surface area contributed by atoms with E-state index in [9.17, 15) is 4.79 Å². The molecule has 0 amide bonds. The van der Waals surface area contributed by atoms with Crippen molar-refractivity contribution < 1.29 is 14.6 Å². The van der Waals surface area contributed by atoms with Crippen LogP contribution in [0.15, 0.2) is 12.1 Å². The first kappa shape index (κ1) is 14.3. The monoisotopic (exact) mass is 252 g/mol. The molecule has 0 aliphatic rings. The highest BCUT2D eigenvalue weighted by Gasteiger charge is 2.16. The molecule has 1 rings (SSSR count).